The van der Waals surface area contributed by atoms with Crippen molar-refractivity contribution in [1.29, 1.82) is 0 Å². The molecule has 204 valence electrons. The number of nitrogens with one attached hydrogen (secondary N) is 2. The molecule has 2 aromatic carbocycles. The van der Waals surface area contributed by atoms with Crippen molar-refractivity contribution >= 4 is 35.4 Å². The van der Waals surface area contributed by atoms with E-state index >= 15 is 0 Å². The van der Waals surface area contributed by atoms with E-state index in [1.54, 1.807) is 63.7 Å². The molecule has 0 saturated heterocycles. The minimum atomic E-state index is -1.02. The normalized spacial score (nSPS) is 12.6. The largest absolute Gasteiger partial charge is 0.444 e. The van der Waals surface area contributed by atoms with E-state index in [2.05, 4.69) is 16.6 Å². The summed E-state index contributed by atoms with van der Waals surface area (Å²) in [5.41, 5.74) is 2.83. The summed E-state index contributed by atoms with van der Waals surface area (Å²) in [6, 6.07) is 10.9. The SMILES string of the molecule is C#Cc1ccccc1C(C(=O)Nc1c(C)cccc1C)N(CC)C(=O)C(CCSC)NC(=O)OC(C)(C)C. The topological polar surface area (TPSA) is 87.7 Å². The summed E-state index contributed by atoms with van der Waals surface area (Å²) in [6.45, 7) is 11.1. The Morgan fingerprint density at radius 2 is 1.71 bits per heavy atom. The van der Waals surface area contributed by atoms with Gasteiger partial charge in [-0.15, -0.1) is 6.42 Å². The minimum absolute atomic E-state index is 0.217. The molecule has 2 aromatic rings. The van der Waals surface area contributed by atoms with Crippen molar-refractivity contribution in [2.24, 2.45) is 0 Å². The predicted octanol–water partition coefficient (Wildman–Crippen LogP) is 5.46. The third-order valence-electron chi connectivity index (χ3n) is 5.92. The number of benzene rings is 2. The van der Waals surface area contributed by atoms with Gasteiger partial charge in [0.25, 0.3) is 5.91 Å². The molecule has 2 atom stereocenters. The molecule has 0 aliphatic carbocycles. The van der Waals surface area contributed by atoms with Gasteiger partial charge in [0.15, 0.2) is 0 Å². The number of para-hydroxylation sites is 1. The number of hydrogen-bond donors (Lipinski definition) is 2. The molecule has 0 radical (unpaired) electrons. The second-order valence-electron chi connectivity index (χ2n) is 9.99. The van der Waals surface area contributed by atoms with Gasteiger partial charge in [0.1, 0.15) is 17.7 Å². The summed E-state index contributed by atoms with van der Waals surface area (Å²) in [5.74, 6) is 2.50. The molecule has 7 nitrogen and oxygen atoms in total. The average Bonchev–Trinajstić information content (AvgIpc) is 2.85. The molecular weight excluding hydrogens is 498 g/mol. The fraction of sp³-hybridized carbons (Fsp3) is 0.433. The standard InChI is InChI=1S/C30H39N3O4S/c1-9-22-16-11-12-17-23(22)26(27(34)32-25-20(3)14-13-15-21(25)4)33(10-2)28(35)24(18-19-38-8)31-29(36)37-30(5,6)7/h1,11-17,24,26H,10,18-19H2,2-8H3,(H,31,36)(H,32,34). The number of alkyl carbamates (subject to hydrolysis) is 1. The zero-order valence-electron chi connectivity index (χ0n) is 23.4. The highest BCUT2D eigenvalue weighted by Crippen LogP contribution is 2.29. The number of thioether (sulfide) groups is 1. The molecule has 2 rings (SSSR count). The molecular formula is C30H39N3O4S. The highest BCUT2D eigenvalue weighted by Gasteiger charge is 2.36. The van der Waals surface area contributed by atoms with Gasteiger partial charge in [-0.2, -0.15) is 11.8 Å². The zero-order chi connectivity index (χ0) is 28.5. The highest BCUT2D eigenvalue weighted by atomic mass is 32.2. The molecule has 0 aromatic heterocycles. The summed E-state index contributed by atoms with van der Waals surface area (Å²) in [4.78, 5) is 42.0. The van der Waals surface area contributed by atoms with E-state index in [4.69, 9.17) is 11.2 Å². The van der Waals surface area contributed by atoms with Crippen LogP contribution >= 0.6 is 11.8 Å². The Morgan fingerprint density at radius 1 is 1.08 bits per heavy atom. The number of carbonyl (C=O) groups is 3. The van der Waals surface area contributed by atoms with Crippen molar-refractivity contribution in [3.63, 3.8) is 0 Å². The maximum absolute atomic E-state index is 14.0. The lowest BCUT2D eigenvalue weighted by Crippen LogP contribution is -2.52. The number of carbonyl (C=O) groups excluding carboxylic acids is 3. The number of hydrogen-bond acceptors (Lipinski definition) is 5. The van der Waals surface area contributed by atoms with Crippen molar-refractivity contribution in [3.05, 3.63) is 64.7 Å². The lowest BCUT2D eigenvalue weighted by Gasteiger charge is -2.34. The predicted molar refractivity (Wildman–Crippen MR) is 155 cm³/mol. The molecule has 0 aliphatic heterocycles. The molecule has 0 heterocycles. The number of amides is 3. The Kier molecular flexibility index (Phi) is 11.3. The van der Waals surface area contributed by atoms with E-state index in [-0.39, 0.29) is 18.4 Å². The minimum Gasteiger partial charge on any atom is -0.444 e. The van der Waals surface area contributed by atoms with E-state index in [1.807, 2.05) is 38.3 Å². The van der Waals surface area contributed by atoms with E-state index in [0.717, 1.165) is 11.1 Å². The summed E-state index contributed by atoms with van der Waals surface area (Å²) in [5, 5.41) is 5.76. The Labute approximate surface area is 231 Å². The highest BCUT2D eigenvalue weighted by molar-refractivity contribution is 7.98. The number of rotatable bonds is 10. The summed E-state index contributed by atoms with van der Waals surface area (Å²) < 4.78 is 5.41. The second kappa shape index (κ2) is 13.9. The molecule has 3 amide bonds. The van der Waals surface area contributed by atoms with Gasteiger partial charge in [0.05, 0.1) is 0 Å². The van der Waals surface area contributed by atoms with Crippen molar-refractivity contribution in [2.75, 3.05) is 23.9 Å². The van der Waals surface area contributed by atoms with Crippen LogP contribution < -0.4 is 10.6 Å². The van der Waals surface area contributed by atoms with E-state index in [0.29, 0.717) is 29.0 Å². The van der Waals surface area contributed by atoms with Crippen LogP contribution in [-0.2, 0) is 14.3 Å². The Hall–Kier alpha value is -3.44. The van der Waals surface area contributed by atoms with Gasteiger partial charge < -0.3 is 20.3 Å². The Morgan fingerprint density at radius 3 is 2.26 bits per heavy atom. The van der Waals surface area contributed by atoms with Gasteiger partial charge in [0.2, 0.25) is 5.91 Å². The Balaban J connectivity index is 2.54. The van der Waals surface area contributed by atoms with Crippen LogP contribution in [0.4, 0.5) is 10.5 Å². The summed E-state index contributed by atoms with van der Waals surface area (Å²) >= 11 is 1.56. The first-order valence-corrected chi connectivity index (χ1v) is 14.0. The molecule has 38 heavy (non-hydrogen) atoms. The third-order valence-corrected chi connectivity index (χ3v) is 6.57. The number of anilines is 1. The molecule has 0 saturated carbocycles. The monoisotopic (exact) mass is 537 g/mol. The van der Waals surface area contributed by atoms with Crippen LogP contribution in [0.5, 0.6) is 0 Å². The van der Waals surface area contributed by atoms with Crippen LogP contribution in [0, 0.1) is 26.2 Å². The first-order chi connectivity index (χ1) is 17.9. The lowest BCUT2D eigenvalue weighted by atomic mass is 9.97. The molecule has 0 fully saturated rings. The van der Waals surface area contributed by atoms with E-state index in [9.17, 15) is 14.4 Å². The maximum atomic E-state index is 14.0. The molecule has 2 N–H and O–H groups in total. The first kappa shape index (κ1) is 30.8. The molecule has 0 aliphatic rings. The van der Waals surface area contributed by atoms with Crippen LogP contribution in [0.2, 0.25) is 0 Å². The number of terminal acetylenes is 1. The van der Waals surface area contributed by atoms with Gasteiger partial charge in [0, 0.05) is 17.8 Å². The fourth-order valence-electron chi connectivity index (χ4n) is 4.13. The maximum Gasteiger partial charge on any atom is 0.408 e. The molecule has 2 unspecified atom stereocenters. The lowest BCUT2D eigenvalue weighted by molar-refractivity contribution is -0.140. The van der Waals surface area contributed by atoms with Gasteiger partial charge in [-0.1, -0.05) is 42.3 Å². The summed E-state index contributed by atoms with van der Waals surface area (Å²) in [6.07, 6.45) is 7.41. The third kappa shape index (κ3) is 8.29. The summed E-state index contributed by atoms with van der Waals surface area (Å²) in [7, 11) is 0. The van der Waals surface area contributed by atoms with Crippen LogP contribution in [0.3, 0.4) is 0 Å². The van der Waals surface area contributed by atoms with Crippen LogP contribution in [0.25, 0.3) is 0 Å². The van der Waals surface area contributed by atoms with Gasteiger partial charge in [-0.3, -0.25) is 9.59 Å². The van der Waals surface area contributed by atoms with Crippen molar-refractivity contribution in [3.8, 4) is 12.3 Å². The van der Waals surface area contributed by atoms with Crippen molar-refractivity contribution < 1.29 is 19.1 Å². The van der Waals surface area contributed by atoms with Crippen molar-refractivity contribution in [2.45, 2.75) is 65.6 Å². The number of likely N-dealkylation sites (N-methyl/N-ethyl adjacent to an activating group) is 1. The molecule has 0 spiro atoms. The quantitative estimate of drug-likeness (QED) is 0.393. The number of aryl methyl sites for hydroxylation is 2. The first-order valence-electron chi connectivity index (χ1n) is 12.6. The number of nitrogens with zero attached hydrogens (tertiary/aromatic N) is 1. The van der Waals surface area contributed by atoms with Crippen LogP contribution in [-0.4, -0.2) is 53.0 Å². The molecule has 0 bridgehead atoms. The second-order valence-corrected chi connectivity index (χ2v) is 11.0. The number of ether oxygens (including phenoxy) is 1. The van der Waals surface area contributed by atoms with Gasteiger partial charge in [-0.25, -0.2) is 4.79 Å². The fourth-order valence-corrected chi connectivity index (χ4v) is 4.60. The van der Waals surface area contributed by atoms with Crippen LogP contribution in [0.15, 0.2) is 42.5 Å². The average molecular weight is 538 g/mol. The van der Waals surface area contributed by atoms with Gasteiger partial charge >= 0.3 is 6.09 Å². The van der Waals surface area contributed by atoms with E-state index in [1.165, 1.54) is 4.90 Å². The van der Waals surface area contributed by atoms with Gasteiger partial charge in [-0.05, 0) is 82.7 Å². The van der Waals surface area contributed by atoms with Crippen LogP contribution in [0.1, 0.15) is 62.4 Å². The Bertz CT molecular complexity index is 1160. The zero-order valence-corrected chi connectivity index (χ0v) is 24.2. The smallest absolute Gasteiger partial charge is 0.408 e. The van der Waals surface area contributed by atoms with E-state index < -0.39 is 23.8 Å². The molecule has 8 heteroatoms. The van der Waals surface area contributed by atoms with Crippen molar-refractivity contribution in [1.82, 2.24) is 10.2 Å².